The van der Waals surface area contributed by atoms with Gasteiger partial charge in [0.1, 0.15) is 0 Å². The van der Waals surface area contributed by atoms with Gasteiger partial charge in [0.2, 0.25) is 0 Å². The third-order valence-corrected chi connectivity index (χ3v) is 17.3. The van der Waals surface area contributed by atoms with Crippen LogP contribution in [0.25, 0.3) is 0 Å². The standard InChI is InChI=1S/C11H21F3.C10H22.C9H20.C8H15F3.C7H13F3.2C7H16.C6H14.C5H12/c1-7(2)9(8(3)4)10(5,6)11(12,13)14;1-7-10(6,8-2)9(3,4)5;1-6-8(7-2)9(3,4)5;1-5-7(4,6(2)3)8(9,10)11;1-4-6(3,5-2)7(8,9)10;1-6(2)7(3,4)5;1-5-6-7(2,3)4;1-5-6(2,3)4;1-5(2,3)4/h7-9H,1-6H3;7-8H2,1-6H3;8H,6-7H2,1-5H3;6H,5H2,1-4H3;4-5H2,1-3H3;6H,1-5H3;5-6H2,1-4H3;5H2,1-4H3;1-4H3/t;;;7-;;;;;/m...0...../s1. The van der Waals surface area contributed by atoms with Crippen LogP contribution >= 0.6 is 0 Å². The molecule has 0 aromatic carbocycles. The van der Waals surface area contributed by atoms with Crippen LogP contribution in [0, 0.1) is 89.7 Å². The van der Waals surface area contributed by atoms with Crippen molar-refractivity contribution in [1.29, 1.82) is 0 Å². The van der Waals surface area contributed by atoms with Gasteiger partial charge in [0.05, 0.1) is 16.2 Å². The van der Waals surface area contributed by atoms with Gasteiger partial charge in [-0.2, -0.15) is 39.5 Å². The Morgan fingerprint density at radius 3 is 0.595 bits per heavy atom. The minimum Gasteiger partial charge on any atom is -0.171 e. The molecule has 0 aliphatic heterocycles. The van der Waals surface area contributed by atoms with Crippen molar-refractivity contribution in [3.05, 3.63) is 0 Å². The van der Waals surface area contributed by atoms with E-state index >= 15 is 0 Å². The molecule has 0 aliphatic carbocycles. The third kappa shape index (κ3) is 50.4. The molecule has 0 aromatic heterocycles. The molecule has 0 radical (unpaired) electrons. The number of hydrogen-bond donors (Lipinski definition) is 0. The van der Waals surface area contributed by atoms with Crippen molar-refractivity contribution in [2.45, 2.75) is 367 Å². The Balaban J connectivity index is -0.000000101. The Morgan fingerprint density at radius 2 is 0.582 bits per heavy atom. The largest absolute Gasteiger partial charge is 0.394 e. The molecule has 9 heteroatoms. The van der Waals surface area contributed by atoms with Crippen LogP contribution in [-0.4, -0.2) is 18.5 Å². The summed E-state index contributed by atoms with van der Waals surface area (Å²) in [5.41, 5.74) is -1.02. The Hall–Kier alpha value is -0.630. The first-order chi connectivity index (χ1) is 34.1. The molecule has 0 N–H and O–H groups in total. The van der Waals surface area contributed by atoms with Crippen molar-refractivity contribution >= 4 is 0 Å². The van der Waals surface area contributed by atoms with Gasteiger partial charge in [-0.15, -0.1) is 0 Å². The third-order valence-electron chi connectivity index (χ3n) is 17.3. The van der Waals surface area contributed by atoms with Crippen LogP contribution in [0.15, 0.2) is 0 Å². The predicted molar refractivity (Wildman–Crippen MR) is 342 cm³/mol. The maximum absolute atomic E-state index is 12.8. The van der Waals surface area contributed by atoms with Gasteiger partial charge in [-0.3, -0.25) is 0 Å². The molecular formula is C70H149F9. The molecule has 0 bridgehead atoms. The first-order valence-electron chi connectivity index (χ1n) is 31.3. The van der Waals surface area contributed by atoms with E-state index in [1.54, 1.807) is 34.6 Å². The zero-order valence-electron chi connectivity index (χ0n) is 61.4. The van der Waals surface area contributed by atoms with Crippen LogP contribution in [0.1, 0.15) is 348 Å². The summed E-state index contributed by atoms with van der Waals surface area (Å²) >= 11 is 0. The molecule has 492 valence electrons. The number of alkyl halides is 9. The summed E-state index contributed by atoms with van der Waals surface area (Å²) in [5, 5.41) is 0. The molecule has 79 heavy (non-hydrogen) atoms. The van der Waals surface area contributed by atoms with E-state index < -0.39 is 34.8 Å². The lowest BCUT2D eigenvalue weighted by atomic mass is 9.65. The van der Waals surface area contributed by atoms with Crippen molar-refractivity contribution in [2.24, 2.45) is 89.7 Å². The summed E-state index contributed by atoms with van der Waals surface area (Å²) in [6.07, 6.45) is -2.64. The SMILES string of the molecule is CC(C)(C)C.CC(C)C(C(C)C)C(C)(C)C(F)(F)F.CC(C)C(C)(C)C.CCC(C)(C)C.CCC(C)(CC)C(C)(C)C.CCC(C)(CC)C(F)(F)F.CCC(CC)C(C)(C)C.CCCC(C)(C)C.CC[C@@](C)(C(C)C)C(F)(F)F. The van der Waals surface area contributed by atoms with E-state index in [0.717, 1.165) is 11.8 Å². The average Bonchev–Trinajstić information content (AvgIpc) is 3.20. The van der Waals surface area contributed by atoms with E-state index in [-0.39, 0.29) is 42.9 Å². The van der Waals surface area contributed by atoms with Crippen molar-refractivity contribution in [1.82, 2.24) is 0 Å². The minimum atomic E-state index is -4.12. The van der Waals surface area contributed by atoms with Crippen LogP contribution in [0.2, 0.25) is 0 Å². The van der Waals surface area contributed by atoms with Crippen LogP contribution in [0.5, 0.6) is 0 Å². The second-order valence-corrected chi connectivity index (χ2v) is 32.6. The van der Waals surface area contributed by atoms with Gasteiger partial charge in [0, 0.05) is 0 Å². The summed E-state index contributed by atoms with van der Waals surface area (Å²) in [6.45, 7) is 84.0. The van der Waals surface area contributed by atoms with Gasteiger partial charge in [-0.25, -0.2) is 0 Å². The molecule has 0 fully saturated rings. The topological polar surface area (TPSA) is 0 Å². The molecule has 0 amide bonds. The molecule has 0 nitrogen and oxygen atoms in total. The highest BCUT2D eigenvalue weighted by atomic mass is 19.4. The van der Waals surface area contributed by atoms with E-state index in [1.165, 1.54) is 72.6 Å². The fraction of sp³-hybridized carbons (Fsp3) is 1.00. The highest BCUT2D eigenvalue weighted by molar-refractivity contribution is 4.88. The highest BCUT2D eigenvalue weighted by Crippen LogP contribution is 2.50. The fourth-order valence-corrected chi connectivity index (χ4v) is 7.79. The average molecular weight is 1160 g/mol. The van der Waals surface area contributed by atoms with Crippen LogP contribution in [-0.2, 0) is 0 Å². The maximum atomic E-state index is 12.8. The molecular weight excluding hydrogens is 1010 g/mol. The predicted octanol–water partition coefficient (Wildman–Crippen LogP) is 28.8. The lowest BCUT2D eigenvalue weighted by Gasteiger charge is -2.41. The molecule has 0 aliphatic rings. The Labute approximate surface area is 493 Å². The summed E-state index contributed by atoms with van der Waals surface area (Å²) in [6, 6.07) is 0. The van der Waals surface area contributed by atoms with Crippen molar-refractivity contribution in [2.75, 3.05) is 0 Å². The molecule has 0 saturated heterocycles. The van der Waals surface area contributed by atoms with Gasteiger partial charge in [0.25, 0.3) is 0 Å². The second kappa shape index (κ2) is 40.6. The number of hydrogen-bond acceptors (Lipinski definition) is 0. The Bertz CT molecular complexity index is 1310. The zero-order valence-corrected chi connectivity index (χ0v) is 61.4. The quantitative estimate of drug-likeness (QED) is 0.171. The molecule has 0 heterocycles. The van der Waals surface area contributed by atoms with Gasteiger partial charge >= 0.3 is 18.5 Å². The van der Waals surface area contributed by atoms with E-state index in [4.69, 9.17) is 0 Å². The van der Waals surface area contributed by atoms with E-state index in [2.05, 4.69) is 194 Å². The smallest absolute Gasteiger partial charge is 0.171 e. The molecule has 0 aromatic rings. The van der Waals surface area contributed by atoms with Gasteiger partial charge in [-0.1, -0.05) is 322 Å². The van der Waals surface area contributed by atoms with E-state index in [1.807, 2.05) is 27.7 Å². The molecule has 1 atom stereocenters. The van der Waals surface area contributed by atoms with Crippen LogP contribution in [0.4, 0.5) is 39.5 Å². The second-order valence-electron chi connectivity index (χ2n) is 32.6. The molecule has 0 spiro atoms. The number of rotatable bonds is 12. The monoisotopic (exact) mass is 1160 g/mol. The Kier molecular flexibility index (Phi) is 50.2. The first-order valence-corrected chi connectivity index (χ1v) is 31.3. The summed E-state index contributed by atoms with van der Waals surface area (Å²) < 4.78 is 112. The maximum Gasteiger partial charge on any atom is 0.394 e. The summed E-state index contributed by atoms with van der Waals surface area (Å²) in [5.74, 6) is 1.11. The lowest BCUT2D eigenvalue weighted by Crippen LogP contribution is -2.43. The van der Waals surface area contributed by atoms with Gasteiger partial charge in [-0.05, 0) is 99.1 Å². The first kappa shape index (κ1) is 97.5. The normalized spacial score (nSPS) is 14.0. The minimum absolute atomic E-state index is 0.0478. The highest BCUT2D eigenvalue weighted by Gasteiger charge is 2.54. The Morgan fingerprint density at radius 1 is 0.316 bits per heavy atom. The van der Waals surface area contributed by atoms with Crippen molar-refractivity contribution in [3.63, 3.8) is 0 Å². The van der Waals surface area contributed by atoms with Crippen molar-refractivity contribution in [3.8, 4) is 0 Å². The van der Waals surface area contributed by atoms with Crippen molar-refractivity contribution < 1.29 is 39.5 Å². The number of halogens is 9. The fourth-order valence-electron chi connectivity index (χ4n) is 7.79. The van der Waals surface area contributed by atoms with Crippen LogP contribution in [0.3, 0.4) is 0 Å². The van der Waals surface area contributed by atoms with Gasteiger partial charge in [0.15, 0.2) is 0 Å². The van der Waals surface area contributed by atoms with E-state index in [9.17, 15) is 39.5 Å². The lowest BCUT2D eigenvalue weighted by molar-refractivity contribution is -0.239. The molecule has 0 saturated carbocycles. The molecule has 0 rings (SSSR count). The molecule has 0 unspecified atom stereocenters. The van der Waals surface area contributed by atoms with Crippen LogP contribution < -0.4 is 0 Å². The summed E-state index contributed by atoms with van der Waals surface area (Å²) in [4.78, 5) is 0. The van der Waals surface area contributed by atoms with E-state index in [0.29, 0.717) is 37.9 Å². The van der Waals surface area contributed by atoms with Gasteiger partial charge < -0.3 is 0 Å². The zero-order chi connectivity index (χ0) is 67.0. The summed E-state index contributed by atoms with van der Waals surface area (Å²) in [7, 11) is 0.